The van der Waals surface area contributed by atoms with Gasteiger partial charge < -0.3 is 0 Å². The van der Waals surface area contributed by atoms with E-state index in [0.717, 1.165) is 19.4 Å². The van der Waals surface area contributed by atoms with Crippen LogP contribution < -0.4 is 11.3 Å². The molecule has 1 rings (SSSR count). The first-order chi connectivity index (χ1) is 6.69. The van der Waals surface area contributed by atoms with Crippen LogP contribution in [0.1, 0.15) is 19.8 Å². The van der Waals surface area contributed by atoms with E-state index in [1.165, 1.54) is 0 Å². The molecular weight excluding hydrogens is 180 g/mol. The second-order valence-corrected chi connectivity index (χ2v) is 3.65. The number of likely N-dealkylation sites (tertiary alicyclic amines) is 1. The number of carbonyl (C=O) groups is 1. The van der Waals surface area contributed by atoms with Gasteiger partial charge in [0.05, 0.1) is 18.0 Å². The summed E-state index contributed by atoms with van der Waals surface area (Å²) in [6.07, 6.45) is 1.91. The van der Waals surface area contributed by atoms with Crippen LogP contribution in [0.15, 0.2) is 0 Å². The third kappa shape index (κ3) is 2.44. The van der Waals surface area contributed by atoms with E-state index in [1.54, 1.807) is 0 Å². The van der Waals surface area contributed by atoms with Gasteiger partial charge in [0, 0.05) is 6.54 Å². The maximum absolute atomic E-state index is 11.2. The van der Waals surface area contributed by atoms with Crippen molar-refractivity contribution in [3.05, 3.63) is 0 Å². The minimum absolute atomic E-state index is 0.0526. The average molecular weight is 196 g/mol. The van der Waals surface area contributed by atoms with E-state index >= 15 is 0 Å². The Morgan fingerprint density at radius 1 is 1.79 bits per heavy atom. The number of nitrogens with zero attached hydrogens (tertiary/aromatic N) is 2. The molecule has 1 amide bonds. The zero-order chi connectivity index (χ0) is 10.6. The molecule has 0 saturated carbocycles. The number of nitrogens with two attached hydrogens (primary N) is 1. The van der Waals surface area contributed by atoms with Crippen molar-refractivity contribution in [3.63, 3.8) is 0 Å². The van der Waals surface area contributed by atoms with Crippen molar-refractivity contribution < 1.29 is 4.79 Å². The van der Waals surface area contributed by atoms with Crippen LogP contribution >= 0.6 is 0 Å². The SMILES string of the molecule is CC(C(=O)NN)N1CCCC(C#N)C1. The van der Waals surface area contributed by atoms with E-state index in [2.05, 4.69) is 11.5 Å². The van der Waals surface area contributed by atoms with Crippen molar-refractivity contribution in [2.75, 3.05) is 13.1 Å². The first kappa shape index (κ1) is 11.0. The zero-order valence-corrected chi connectivity index (χ0v) is 8.36. The van der Waals surface area contributed by atoms with Crippen LogP contribution in [0.5, 0.6) is 0 Å². The summed E-state index contributed by atoms with van der Waals surface area (Å²) in [5, 5.41) is 8.78. The second kappa shape index (κ2) is 4.94. The van der Waals surface area contributed by atoms with Crippen LogP contribution in [0.2, 0.25) is 0 Å². The average Bonchev–Trinajstić information content (AvgIpc) is 2.27. The van der Waals surface area contributed by atoms with Gasteiger partial charge in [0.15, 0.2) is 0 Å². The summed E-state index contributed by atoms with van der Waals surface area (Å²) in [6.45, 7) is 3.35. The number of hydrogen-bond donors (Lipinski definition) is 2. The van der Waals surface area contributed by atoms with Crippen molar-refractivity contribution in [1.82, 2.24) is 10.3 Å². The lowest BCUT2D eigenvalue weighted by Gasteiger charge is -2.33. The minimum atomic E-state index is -0.240. The highest BCUT2D eigenvalue weighted by atomic mass is 16.2. The normalized spacial score (nSPS) is 25.1. The lowest BCUT2D eigenvalue weighted by atomic mass is 9.98. The highest BCUT2D eigenvalue weighted by molar-refractivity contribution is 5.80. The number of hydrazine groups is 1. The molecule has 0 aromatic rings. The van der Waals surface area contributed by atoms with Crippen molar-refractivity contribution in [2.24, 2.45) is 11.8 Å². The van der Waals surface area contributed by atoms with Crippen LogP contribution in [0.3, 0.4) is 0 Å². The third-order valence-electron chi connectivity index (χ3n) is 2.70. The van der Waals surface area contributed by atoms with Crippen molar-refractivity contribution >= 4 is 5.91 Å². The highest BCUT2D eigenvalue weighted by Gasteiger charge is 2.26. The van der Waals surface area contributed by atoms with Gasteiger partial charge in [-0.2, -0.15) is 5.26 Å². The van der Waals surface area contributed by atoms with Crippen LogP contribution in [-0.2, 0) is 4.79 Å². The van der Waals surface area contributed by atoms with Crippen molar-refractivity contribution in [2.45, 2.75) is 25.8 Å². The molecule has 1 fully saturated rings. The highest BCUT2D eigenvalue weighted by Crippen LogP contribution is 2.17. The summed E-state index contributed by atoms with van der Waals surface area (Å²) in [6, 6.07) is 2.00. The molecule has 1 aliphatic rings. The predicted molar refractivity (Wildman–Crippen MR) is 51.7 cm³/mol. The summed E-state index contributed by atoms with van der Waals surface area (Å²) in [4.78, 5) is 13.2. The van der Waals surface area contributed by atoms with Crippen LogP contribution in [0.4, 0.5) is 0 Å². The molecule has 5 nitrogen and oxygen atoms in total. The summed E-state index contributed by atoms with van der Waals surface area (Å²) in [7, 11) is 0. The molecule has 1 aliphatic heterocycles. The number of piperidine rings is 1. The lowest BCUT2D eigenvalue weighted by molar-refractivity contribution is -0.126. The molecule has 0 bridgehead atoms. The fraction of sp³-hybridized carbons (Fsp3) is 0.778. The lowest BCUT2D eigenvalue weighted by Crippen LogP contribution is -2.50. The van der Waals surface area contributed by atoms with E-state index in [4.69, 9.17) is 11.1 Å². The van der Waals surface area contributed by atoms with Crippen molar-refractivity contribution in [3.8, 4) is 6.07 Å². The van der Waals surface area contributed by atoms with Gasteiger partial charge in [-0.15, -0.1) is 0 Å². The standard InChI is InChI=1S/C9H16N4O/c1-7(9(14)12-11)13-4-2-3-8(5-10)6-13/h7-8H,2-4,6,11H2,1H3,(H,12,14). The number of amides is 1. The molecule has 14 heavy (non-hydrogen) atoms. The molecule has 0 aromatic heterocycles. The molecule has 0 aromatic carbocycles. The van der Waals surface area contributed by atoms with E-state index in [0.29, 0.717) is 6.54 Å². The summed E-state index contributed by atoms with van der Waals surface area (Å²) >= 11 is 0. The Hall–Kier alpha value is -1.12. The zero-order valence-electron chi connectivity index (χ0n) is 8.36. The van der Waals surface area contributed by atoms with Gasteiger partial charge in [0.2, 0.25) is 0 Å². The quantitative estimate of drug-likeness (QED) is 0.357. The maximum Gasteiger partial charge on any atom is 0.250 e. The number of hydrogen-bond acceptors (Lipinski definition) is 4. The summed E-state index contributed by atoms with van der Waals surface area (Å²) in [5.74, 6) is 4.92. The smallest absolute Gasteiger partial charge is 0.250 e. The van der Waals surface area contributed by atoms with Crippen LogP contribution in [-0.4, -0.2) is 29.9 Å². The van der Waals surface area contributed by atoms with E-state index in [-0.39, 0.29) is 17.9 Å². The largest absolute Gasteiger partial charge is 0.293 e. The van der Waals surface area contributed by atoms with Crippen LogP contribution in [0, 0.1) is 17.2 Å². The minimum Gasteiger partial charge on any atom is -0.293 e. The van der Waals surface area contributed by atoms with E-state index in [9.17, 15) is 4.79 Å². The molecule has 78 valence electrons. The van der Waals surface area contributed by atoms with Gasteiger partial charge in [0.25, 0.3) is 5.91 Å². The van der Waals surface area contributed by atoms with Gasteiger partial charge in [0.1, 0.15) is 0 Å². The molecule has 3 N–H and O–H groups in total. The Labute approximate surface area is 83.8 Å². The number of carbonyl (C=O) groups excluding carboxylic acids is 1. The first-order valence-corrected chi connectivity index (χ1v) is 4.83. The third-order valence-corrected chi connectivity index (χ3v) is 2.70. The van der Waals surface area contributed by atoms with Crippen molar-refractivity contribution in [1.29, 1.82) is 5.26 Å². The summed E-state index contributed by atoms with van der Waals surface area (Å²) < 4.78 is 0. The van der Waals surface area contributed by atoms with E-state index < -0.39 is 0 Å². The molecule has 0 spiro atoms. The molecule has 1 saturated heterocycles. The maximum atomic E-state index is 11.2. The Morgan fingerprint density at radius 3 is 3.07 bits per heavy atom. The van der Waals surface area contributed by atoms with Gasteiger partial charge >= 0.3 is 0 Å². The van der Waals surface area contributed by atoms with E-state index in [1.807, 2.05) is 11.8 Å². The second-order valence-electron chi connectivity index (χ2n) is 3.65. The topological polar surface area (TPSA) is 82.2 Å². The van der Waals surface area contributed by atoms with Gasteiger partial charge in [-0.05, 0) is 26.3 Å². The Bertz CT molecular complexity index is 248. The Morgan fingerprint density at radius 2 is 2.50 bits per heavy atom. The fourth-order valence-corrected chi connectivity index (χ4v) is 1.75. The van der Waals surface area contributed by atoms with Gasteiger partial charge in [-0.1, -0.05) is 0 Å². The van der Waals surface area contributed by atoms with Gasteiger partial charge in [-0.3, -0.25) is 15.1 Å². The molecule has 1 heterocycles. The van der Waals surface area contributed by atoms with Gasteiger partial charge in [-0.25, -0.2) is 5.84 Å². The molecular formula is C9H16N4O. The van der Waals surface area contributed by atoms with Crippen LogP contribution in [0.25, 0.3) is 0 Å². The monoisotopic (exact) mass is 196 g/mol. The number of nitriles is 1. The molecule has 2 atom stereocenters. The fourth-order valence-electron chi connectivity index (χ4n) is 1.75. The molecule has 0 radical (unpaired) electrons. The Balaban J connectivity index is 2.52. The molecule has 0 aliphatic carbocycles. The number of nitrogens with one attached hydrogen (secondary N) is 1. The Kier molecular flexibility index (Phi) is 3.86. The number of rotatable bonds is 2. The molecule has 5 heteroatoms. The summed E-state index contributed by atoms with van der Waals surface area (Å²) in [5.41, 5.74) is 2.13. The first-order valence-electron chi connectivity index (χ1n) is 4.83. The molecule has 2 unspecified atom stereocenters. The predicted octanol–water partition coefficient (Wildman–Crippen LogP) is -0.400.